The maximum Gasteiger partial charge on any atom is 0.227 e. The number of amides is 2. The Morgan fingerprint density at radius 2 is 1.72 bits per heavy atom. The summed E-state index contributed by atoms with van der Waals surface area (Å²) in [6.07, 6.45) is 4.94. The zero-order valence-electron chi connectivity index (χ0n) is 18.6. The molecule has 174 valence electrons. The van der Waals surface area contributed by atoms with Crippen molar-refractivity contribution in [2.45, 2.75) is 39.3 Å². The molecule has 0 aromatic carbocycles. The lowest BCUT2D eigenvalue weighted by molar-refractivity contribution is -0.135. The van der Waals surface area contributed by atoms with E-state index in [1.54, 1.807) is 6.20 Å². The van der Waals surface area contributed by atoms with Crippen molar-refractivity contribution in [2.24, 2.45) is 0 Å². The van der Waals surface area contributed by atoms with Gasteiger partial charge in [0.25, 0.3) is 0 Å². The third kappa shape index (κ3) is 5.92. The molecule has 2 aliphatic heterocycles. The molecule has 2 aliphatic rings. The summed E-state index contributed by atoms with van der Waals surface area (Å²) in [6.45, 7) is 8.60. The van der Waals surface area contributed by atoms with Crippen molar-refractivity contribution in [3.63, 3.8) is 0 Å². The van der Waals surface area contributed by atoms with E-state index in [1.807, 2.05) is 27.5 Å². The van der Waals surface area contributed by atoms with Gasteiger partial charge in [0, 0.05) is 77.5 Å². The van der Waals surface area contributed by atoms with Crippen molar-refractivity contribution in [1.29, 1.82) is 0 Å². The van der Waals surface area contributed by atoms with Crippen molar-refractivity contribution in [1.82, 2.24) is 34.4 Å². The first-order chi connectivity index (χ1) is 15.6. The van der Waals surface area contributed by atoms with Gasteiger partial charge in [0.2, 0.25) is 17.7 Å². The van der Waals surface area contributed by atoms with Gasteiger partial charge in [-0.15, -0.1) is 0 Å². The molecule has 0 unspecified atom stereocenters. The molecule has 4 heterocycles. The van der Waals surface area contributed by atoms with E-state index < -0.39 is 0 Å². The van der Waals surface area contributed by atoms with Crippen LogP contribution in [0.2, 0.25) is 0 Å². The molecule has 32 heavy (non-hydrogen) atoms. The monoisotopic (exact) mass is 445 g/mol. The quantitative estimate of drug-likeness (QED) is 0.563. The van der Waals surface area contributed by atoms with E-state index in [0.29, 0.717) is 83.5 Å². The van der Waals surface area contributed by atoms with Gasteiger partial charge in [-0.05, 0) is 6.92 Å². The van der Waals surface area contributed by atoms with Crippen molar-refractivity contribution >= 4 is 11.8 Å². The van der Waals surface area contributed by atoms with E-state index in [9.17, 15) is 9.59 Å². The number of imidazole rings is 1. The van der Waals surface area contributed by atoms with Crippen molar-refractivity contribution in [2.75, 3.05) is 52.5 Å². The van der Waals surface area contributed by atoms with Gasteiger partial charge >= 0.3 is 0 Å². The molecular formula is C21H31N7O4. The van der Waals surface area contributed by atoms with Gasteiger partial charge in [-0.1, -0.05) is 5.16 Å². The summed E-state index contributed by atoms with van der Waals surface area (Å²) in [5.41, 5.74) is 0. The second-order valence-electron chi connectivity index (χ2n) is 8.17. The summed E-state index contributed by atoms with van der Waals surface area (Å²) in [5, 5.41) is 4.06. The highest BCUT2D eigenvalue weighted by Crippen LogP contribution is 2.10. The average Bonchev–Trinajstić information content (AvgIpc) is 3.45. The lowest BCUT2D eigenvalue weighted by atomic mass is 10.2. The number of rotatable bonds is 8. The van der Waals surface area contributed by atoms with E-state index in [0.717, 1.165) is 18.9 Å². The number of hydrogen-bond donors (Lipinski definition) is 0. The maximum absolute atomic E-state index is 12.5. The van der Waals surface area contributed by atoms with E-state index in [2.05, 4.69) is 20.0 Å². The number of aryl methyl sites for hydroxylation is 3. The molecule has 11 heteroatoms. The largest absolute Gasteiger partial charge is 0.378 e. The predicted octanol–water partition coefficient (Wildman–Crippen LogP) is 0.100. The summed E-state index contributed by atoms with van der Waals surface area (Å²) >= 11 is 0. The Morgan fingerprint density at radius 1 is 1.00 bits per heavy atom. The van der Waals surface area contributed by atoms with Crippen LogP contribution in [-0.2, 0) is 33.8 Å². The molecule has 2 aromatic rings. The minimum absolute atomic E-state index is 0.0945. The first-order valence-corrected chi connectivity index (χ1v) is 11.2. The minimum atomic E-state index is 0.0945. The summed E-state index contributed by atoms with van der Waals surface area (Å²) in [7, 11) is 0. The Kier molecular flexibility index (Phi) is 7.48. The topological polar surface area (TPSA) is 110 Å². The Labute approximate surface area is 187 Å². The van der Waals surface area contributed by atoms with Crippen LogP contribution in [0.25, 0.3) is 0 Å². The summed E-state index contributed by atoms with van der Waals surface area (Å²) < 4.78 is 12.6. The van der Waals surface area contributed by atoms with Gasteiger partial charge in [0.15, 0.2) is 5.82 Å². The number of morpholine rings is 1. The van der Waals surface area contributed by atoms with Crippen LogP contribution in [0.5, 0.6) is 0 Å². The molecule has 0 bridgehead atoms. The van der Waals surface area contributed by atoms with Crippen LogP contribution in [-0.4, -0.2) is 98.7 Å². The summed E-state index contributed by atoms with van der Waals surface area (Å²) in [6, 6.07) is 0. The molecule has 11 nitrogen and oxygen atoms in total. The summed E-state index contributed by atoms with van der Waals surface area (Å²) in [4.78, 5) is 39.3. The zero-order valence-corrected chi connectivity index (χ0v) is 18.6. The van der Waals surface area contributed by atoms with Crippen molar-refractivity contribution < 1.29 is 18.8 Å². The number of piperazine rings is 1. The second kappa shape index (κ2) is 10.7. The molecule has 0 N–H and O–H groups in total. The van der Waals surface area contributed by atoms with Gasteiger partial charge < -0.3 is 23.6 Å². The lowest BCUT2D eigenvalue weighted by Crippen LogP contribution is -2.48. The number of aromatic nitrogens is 4. The molecule has 2 fully saturated rings. The van der Waals surface area contributed by atoms with Crippen LogP contribution >= 0.6 is 0 Å². The first kappa shape index (κ1) is 22.4. The van der Waals surface area contributed by atoms with Crippen molar-refractivity contribution in [3.05, 3.63) is 29.9 Å². The van der Waals surface area contributed by atoms with Gasteiger partial charge in [-0.3, -0.25) is 14.5 Å². The summed E-state index contributed by atoms with van der Waals surface area (Å²) in [5.74, 6) is 2.30. The van der Waals surface area contributed by atoms with E-state index in [4.69, 9.17) is 9.26 Å². The normalized spacial score (nSPS) is 17.7. The Hall–Kier alpha value is -2.79. The molecule has 0 atom stereocenters. The lowest BCUT2D eigenvalue weighted by Gasteiger charge is -2.34. The molecule has 0 saturated carbocycles. The molecule has 2 amide bonds. The fourth-order valence-electron chi connectivity index (χ4n) is 4.01. The second-order valence-corrected chi connectivity index (χ2v) is 8.17. The molecule has 2 saturated heterocycles. The van der Waals surface area contributed by atoms with Crippen LogP contribution in [0.1, 0.15) is 30.4 Å². The third-order valence-corrected chi connectivity index (χ3v) is 6.01. The van der Waals surface area contributed by atoms with Crippen LogP contribution in [0.15, 0.2) is 16.9 Å². The van der Waals surface area contributed by atoms with Gasteiger partial charge in [-0.25, -0.2) is 4.98 Å². The number of ether oxygens (including phenoxy) is 1. The Morgan fingerprint density at radius 3 is 2.44 bits per heavy atom. The van der Waals surface area contributed by atoms with Gasteiger partial charge in [0.05, 0.1) is 19.8 Å². The molecule has 0 aliphatic carbocycles. The number of hydrogen-bond acceptors (Lipinski definition) is 8. The standard InChI is InChI=1S/C21H31N7O4/c1-17-22-5-7-26(17)6-4-21(30)27-10-8-25(9-11-27)16-18-23-19(32-24-18)2-3-20(29)28-12-14-31-15-13-28/h5,7H,2-4,6,8-16H2,1H3. The molecule has 4 rings (SSSR count). The number of carbonyl (C=O) groups is 2. The van der Waals surface area contributed by atoms with Gasteiger partial charge in [0.1, 0.15) is 5.82 Å². The van der Waals surface area contributed by atoms with Crippen LogP contribution in [0.4, 0.5) is 0 Å². The number of nitrogens with zero attached hydrogens (tertiary/aromatic N) is 7. The highest BCUT2D eigenvalue weighted by atomic mass is 16.5. The van der Waals surface area contributed by atoms with Crippen LogP contribution in [0.3, 0.4) is 0 Å². The molecule has 0 radical (unpaired) electrons. The number of carbonyl (C=O) groups excluding carboxylic acids is 2. The molecular weight excluding hydrogens is 414 g/mol. The average molecular weight is 446 g/mol. The molecule has 2 aromatic heterocycles. The third-order valence-electron chi connectivity index (χ3n) is 6.01. The highest BCUT2D eigenvalue weighted by Gasteiger charge is 2.23. The Bertz CT molecular complexity index is 898. The van der Waals surface area contributed by atoms with Crippen molar-refractivity contribution in [3.8, 4) is 0 Å². The first-order valence-electron chi connectivity index (χ1n) is 11.2. The smallest absolute Gasteiger partial charge is 0.227 e. The Balaban J connectivity index is 1.16. The van der Waals surface area contributed by atoms with E-state index in [-0.39, 0.29) is 11.8 Å². The predicted molar refractivity (Wildman–Crippen MR) is 113 cm³/mol. The fourth-order valence-corrected chi connectivity index (χ4v) is 4.01. The molecule has 0 spiro atoms. The van der Waals surface area contributed by atoms with Crippen LogP contribution in [0, 0.1) is 6.92 Å². The fraction of sp³-hybridized carbons (Fsp3) is 0.667. The van der Waals surface area contributed by atoms with E-state index >= 15 is 0 Å². The highest BCUT2D eigenvalue weighted by molar-refractivity contribution is 5.76. The zero-order chi connectivity index (χ0) is 22.3. The van der Waals surface area contributed by atoms with E-state index in [1.165, 1.54) is 0 Å². The SMILES string of the molecule is Cc1nccn1CCC(=O)N1CCN(Cc2noc(CCC(=O)N3CCOCC3)n2)CC1. The minimum Gasteiger partial charge on any atom is -0.378 e. The maximum atomic E-state index is 12.5. The van der Waals surface area contributed by atoms with Gasteiger partial charge in [-0.2, -0.15) is 4.98 Å². The van der Waals surface area contributed by atoms with Crippen LogP contribution < -0.4 is 0 Å².